The summed E-state index contributed by atoms with van der Waals surface area (Å²) in [5, 5.41) is 0.454. The van der Waals surface area contributed by atoms with Gasteiger partial charge in [-0.15, -0.1) is 0 Å². The van der Waals surface area contributed by atoms with Gasteiger partial charge in [0.15, 0.2) is 0 Å². The highest BCUT2D eigenvalue weighted by Crippen LogP contribution is 2.13. The monoisotopic (exact) mass is 172 g/mol. The Labute approximate surface area is 70.1 Å². The van der Waals surface area contributed by atoms with E-state index in [-0.39, 0.29) is 0 Å². The topological polar surface area (TPSA) is 48.1 Å². The van der Waals surface area contributed by atoms with E-state index in [2.05, 4.69) is 9.82 Å². The van der Waals surface area contributed by atoms with E-state index in [1.807, 2.05) is 19.1 Å². The lowest BCUT2D eigenvalue weighted by Crippen LogP contribution is -2.00. The Kier molecular flexibility index (Phi) is 2.82. The summed E-state index contributed by atoms with van der Waals surface area (Å²) in [4.78, 5) is 8.45. The first-order valence-corrected chi connectivity index (χ1v) is 3.55. The largest absolute Gasteiger partial charge is 0.300 e. The summed E-state index contributed by atoms with van der Waals surface area (Å²) in [7, 11) is 0. The minimum Gasteiger partial charge on any atom is -0.300 e. The molecule has 1 heterocycles. The van der Waals surface area contributed by atoms with Gasteiger partial charge >= 0.3 is 0 Å². The number of halogens is 1. The fraction of sp³-hybridized carbons (Fsp3) is 0.286. The molecule has 0 aliphatic heterocycles. The maximum Gasteiger partial charge on any atom is 0.134 e. The van der Waals surface area contributed by atoms with Crippen LogP contribution >= 0.6 is 11.6 Å². The van der Waals surface area contributed by atoms with Crippen molar-refractivity contribution in [3.8, 4) is 0 Å². The van der Waals surface area contributed by atoms with Gasteiger partial charge in [-0.1, -0.05) is 17.7 Å². The van der Waals surface area contributed by atoms with E-state index >= 15 is 0 Å². The smallest absolute Gasteiger partial charge is 0.134 e. The van der Waals surface area contributed by atoms with Crippen molar-refractivity contribution in [2.75, 3.05) is 0 Å². The lowest BCUT2D eigenvalue weighted by molar-refractivity contribution is 0.124. The molecule has 0 saturated carbocycles. The summed E-state index contributed by atoms with van der Waals surface area (Å²) in [6.45, 7) is 2.17. The van der Waals surface area contributed by atoms with Crippen molar-refractivity contribution in [2.45, 2.75) is 13.5 Å². The zero-order valence-corrected chi connectivity index (χ0v) is 6.93. The van der Waals surface area contributed by atoms with Crippen LogP contribution in [0.1, 0.15) is 11.3 Å². The normalized spacial score (nSPS) is 10.1. The predicted octanol–water partition coefficient (Wildman–Crippen LogP) is 1.43. The van der Waals surface area contributed by atoms with Crippen molar-refractivity contribution in [2.24, 2.45) is 5.90 Å². The molecule has 0 amide bonds. The highest BCUT2D eigenvalue weighted by Gasteiger charge is 2.00. The second kappa shape index (κ2) is 3.67. The van der Waals surface area contributed by atoms with E-state index in [1.54, 1.807) is 0 Å². The Morgan fingerprint density at radius 3 is 2.91 bits per heavy atom. The van der Waals surface area contributed by atoms with Gasteiger partial charge in [0.1, 0.15) is 5.15 Å². The molecule has 60 valence electrons. The molecule has 2 N–H and O–H groups in total. The highest BCUT2D eigenvalue weighted by atomic mass is 35.5. The van der Waals surface area contributed by atoms with Crippen molar-refractivity contribution >= 4 is 11.6 Å². The van der Waals surface area contributed by atoms with E-state index < -0.39 is 0 Å². The molecule has 0 spiro atoms. The third kappa shape index (κ3) is 2.15. The van der Waals surface area contributed by atoms with Crippen molar-refractivity contribution in [3.63, 3.8) is 0 Å². The Balaban J connectivity index is 2.90. The number of nitrogens with zero attached hydrogens (tertiary/aromatic N) is 1. The first-order chi connectivity index (χ1) is 5.24. The minimum atomic E-state index is 0.298. The van der Waals surface area contributed by atoms with Gasteiger partial charge in [-0.05, 0) is 13.0 Å². The summed E-state index contributed by atoms with van der Waals surface area (Å²) >= 11 is 5.76. The summed E-state index contributed by atoms with van der Waals surface area (Å²) in [6, 6.07) is 3.71. The molecular formula is C7H9ClN2O. The second-order valence-corrected chi connectivity index (χ2v) is 2.57. The standard InChI is InChI=1S/C7H9ClN2O/c1-5-2-3-6(4-11-9)7(8)10-5/h2-3H,4,9H2,1H3. The average Bonchev–Trinajstić information content (AvgIpc) is 1.95. The van der Waals surface area contributed by atoms with Crippen molar-refractivity contribution < 1.29 is 4.84 Å². The lowest BCUT2D eigenvalue weighted by atomic mass is 10.3. The molecule has 1 aromatic heterocycles. The van der Waals surface area contributed by atoms with Crippen LogP contribution in [0.4, 0.5) is 0 Å². The molecule has 0 aromatic carbocycles. The van der Waals surface area contributed by atoms with Crippen molar-refractivity contribution in [1.82, 2.24) is 4.98 Å². The van der Waals surface area contributed by atoms with Crippen LogP contribution in [0.15, 0.2) is 12.1 Å². The molecule has 11 heavy (non-hydrogen) atoms. The molecule has 0 saturated heterocycles. The number of aromatic nitrogens is 1. The quantitative estimate of drug-likeness (QED) is 0.543. The van der Waals surface area contributed by atoms with E-state index in [9.17, 15) is 0 Å². The molecular weight excluding hydrogens is 164 g/mol. The number of hydrogen-bond donors (Lipinski definition) is 1. The molecule has 0 atom stereocenters. The van der Waals surface area contributed by atoms with Crippen LogP contribution in [0.3, 0.4) is 0 Å². The Bertz CT molecular complexity index is 252. The SMILES string of the molecule is Cc1ccc(CON)c(Cl)n1. The molecule has 1 rings (SSSR count). The molecule has 0 bridgehead atoms. The van der Waals surface area contributed by atoms with Gasteiger partial charge in [0, 0.05) is 11.3 Å². The number of rotatable bonds is 2. The van der Waals surface area contributed by atoms with Gasteiger partial charge in [0.05, 0.1) is 6.61 Å². The molecule has 3 nitrogen and oxygen atoms in total. The molecule has 0 radical (unpaired) electrons. The van der Waals surface area contributed by atoms with Gasteiger partial charge < -0.3 is 0 Å². The Hall–Kier alpha value is -0.640. The number of pyridine rings is 1. The Morgan fingerprint density at radius 2 is 2.36 bits per heavy atom. The van der Waals surface area contributed by atoms with Crippen LogP contribution in [0, 0.1) is 6.92 Å². The maximum absolute atomic E-state index is 5.76. The van der Waals surface area contributed by atoms with Crippen LogP contribution in [-0.4, -0.2) is 4.98 Å². The van der Waals surface area contributed by atoms with Crippen LogP contribution in [0.25, 0.3) is 0 Å². The van der Waals surface area contributed by atoms with Crippen LogP contribution in [-0.2, 0) is 11.4 Å². The average molecular weight is 173 g/mol. The van der Waals surface area contributed by atoms with Crippen LogP contribution in [0.2, 0.25) is 5.15 Å². The predicted molar refractivity (Wildman–Crippen MR) is 43.0 cm³/mol. The van der Waals surface area contributed by atoms with Crippen LogP contribution < -0.4 is 5.90 Å². The highest BCUT2D eigenvalue weighted by molar-refractivity contribution is 6.30. The number of hydrogen-bond acceptors (Lipinski definition) is 3. The lowest BCUT2D eigenvalue weighted by Gasteiger charge is -2.01. The molecule has 0 unspecified atom stereocenters. The van der Waals surface area contributed by atoms with Gasteiger partial charge in [-0.3, -0.25) is 4.84 Å². The second-order valence-electron chi connectivity index (χ2n) is 2.21. The third-order valence-corrected chi connectivity index (χ3v) is 1.63. The first-order valence-electron chi connectivity index (χ1n) is 3.17. The molecule has 0 aliphatic carbocycles. The molecule has 0 aliphatic rings. The molecule has 1 aromatic rings. The van der Waals surface area contributed by atoms with Gasteiger partial charge in [-0.2, -0.15) is 0 Å². The van der Waals surface area contributed by atoms with E-state index in [4.69, 9.17) is 17.5 Å². The van der Waals surface area contributed by atoms with Crippen LogP contribution in [0.5, 0.6) is 0 Å². The van der Waals surface area contributed by atoms with Gasteiger partial charge in [0.2, 0.25) is 0 Å². The fourth-order valence-corrected chi connectivity index (χ4v) is 1.00. The summed E-state index contributed by atoms with van der Waals surface area (Å²) in [5.41, 5.74) is 1.69. The number of aryl methyl sites for hydroxylation is 1. The summed E-state index contributed by atoms with van der Waals surface area (Å²) in [5.74, 6) is 4.88. The molecule has 4 heteroatoms. The van der Waals surface area contributed by atoms with Crippen molar-refractivity contribution in [1.29, 1.82) is 0 Å². The fourth-order valence-electron chi connectivity index (χ4n) is 0.751. The minimum absolute atomic E-state index is 0.298. The zero-order valence-electron chi connectivity index (χ0n) is 6.17. The third-order valence-electron chi connectivity index (χ3n) is 1.30. The van der Waals surface area contributed by atoms with Gasteiger partial charge in [-0.25, -0.2) is 10.9 Å². The Morgan fingerprint density at radius 1 is 1.64 bits per heavy atom. The van der Waals surface area contributed by atoms with E-state index in [1.165, 1.54) is 0 Å². The first kappa shape index (κ1) is 8.46. The van der Waals surface area contributed by atoms with Crippen molar-refractivity contribution in [3.05, 3.63) is 28.5 Å². The summed E-state index contributed by atoms with van der Waals surface area (Å²) in [6.07, 6.45) is 0. The summed E-state index contributed by atoms with van der Waals surface area (Å²) < 4.78 is 0. The van der Waals surface area contributed by atoms with E-state index in [0.29, 0.717) is 11.8 Å². The van der Waals surface area contributed by atoms with E-state index in [0.717, 1.165) is 11.3 Å². The maximum atomic E-state index is 5.76. The van der Waals surface area contributed by atoms with Gasteiger partial charge in [0.25, 0.3) is 0 Å². The zero-order chi connectivity index (χ0) is 8.27. The molecule has 0 fully saturated rings. The number of nitrogens with two attached hydrogens (primary N) is 1.